The molecular weight excluding hydrogens is 565 g/mol. The molecule has 4 heterocycles. The van der Waals surface area contributed by atoms with Crippen LogP contribution in [0.3, 0.4) is 0 Å². The van der Waals surface area contributed by atoms with Crippen LogP contribution < -0.4 is 4.90 Å². The first-order valence-corrected chi connectivity index (χ1v) is 15.0. The summed E-state index contributed by atoms with van der Waals surface area (Å²) in [5.74, 6) is 0.864. The van der Waals surface area contributed by atoms with E-state index in [1.54, 1.807) is 18.2 Å². The van der Waals surface area contributed by atoms with Crippen molar-refractivity contribution in [3.63, 3.8) is 0 Å². The third kappa shape index (κ3) is 4.80. The van der Waals surface area contributed by atoms with Crippen LogP contribution >= 0.6 is 23.2 Å². The van der Waals surface area contributed by atoms with Crippen LogP contribution in [-0.2, 0) is 22.5 Å². The van der Waals surface area contributed by atoms with Crippen molar-refractivity contribution in [3.05, 3.63) is 68.9 Å². The third-order valence-electron chi connectivity index (χ3n) is 8.97. The van der Waals surface area contributed by atoms with E-state index in [2.05, 4.69) is 10.1 Å². The number of esters is 1. The van der Waals surface area contributed by atoms with Gasteiger partial charge in [-0.25, -0.2) is 9.59 Å². The lowest BCUT2D eigenvalue weighted by Crippen LogP contribution is -2.53. The molecule has 0 radical (unpaired) electrons. The lowest BCUT2D eigenvalue weighted by Gasteiger charge is -2.40. The average Bonchev–Trinajstić information content (AvgIpc) is 3.50. The first-order chi connectivity index (χ1) is 19.9. The first kappa shape index (κ1) is 26.8. The zero-order chi connectivity index (χ0) is 28.2. The molecule has 2 saturated heterocycles. The summed E-state index contributed by atoms with van der Waals surface area (Å²) >= 11 is 13.1. The zero-order valence-corrected chi connectivity index (χ0v) is 24.3. The molecule has 2 bridgehead atoms. The van der Waals surface area contributed by atoms with Crippen molar-refractivity contribution in [2.75, 3.05) is 18.6 Å². The van der Waals surface area contributed by atoms with E-state index in [1.165, 1.54) is 7.11 Å². The van der Waals surface area contributed by atoms with Gasteiger partial charge in [-0.1, -0.05) is 34.4 Å². The van der Waals surface area contributed by atoms with Gasteiger partial charge in [-0.15, -0.1) is 0 Å². The number of hydrogen-bond acceptors (Lipinski definition) is 6. The molecular formula is C31H31Cl2N3O5. The normalized spacial score (nSPS) is 23.1. The largest absolute Gasteiger partial charge is 0.465 e. The Hall–Kier alpha value is -3.07. The fourth-order valence-electron chi connectivity index (χ4n) is 6.81. The van der Waals surface area contributed by atoms with E-state index in [4.69, 9.17) is 37.2 Å². The van der Waals surface area contributed by atoms with E-state index in [0.717, 1.165) is 67.5 Å². The molecule has 7 rings (SSSR count). The number of amides is 2. The molecule has 1 unspecified atom stereocenters. The van der Waals surface area contributed by atoms with Gasteiger partial charge in [0.05, 0.1) is 35.4 Å². The summed E-state index contributed by atoms with van der Waals surface area (Å²) in [5.41, 5.74) is 4.65. The molecule has 41 heavy (non-hydrogen) atoms. The Morgan fingerprint density at radius 3 is 2.46 bits per heavy atom. The van der Waals surface area contributed by atoms with Crippen molar-refractivity contribution in [1.29, 1.82) is 0 Å². The Bertz CT molecular complexity index is 1490. The predicted octanol–water partition coefficient (Wildman–Crippen LogP) is 7.01. The molecule has 3 fully saturated rings. The number of piperidine rings is 1. The van der Waals surface area contributed by atoms with Gasteiger partial charge in [-0.3, -0.25) is 4.90 Å². The van der Waals surface area contributed by atoms with Crippen molar-refractivity contribution in [2.45, 2.75) is 75.7 Å². The molecule has 8 nitrogen and oxygen atoms in total. The number of carbonyl (C=O) groups excluding carboxylic acids is 2. The maximum Gasteiger partial charge on any atom is 0.337 e. The fourth-order valence-corrected chi connectivity index (χ4v) is 7.39. The van der Waals surface area contributed by atoms with E-state index in [9.17, 15) is 9.59 Å². The predicted molar refractivity (Wildman–Crippen MR) is 155 cm³/mol. The number of ether oxygens (including phenoxy) is 2. The Balaban J connectivity index is 1.05. The molecule has 3 atom stereocenters. The molecule has 3 aliphatic heterocycles. The van der Waals surface area contributed by atoms with Crippen LogP contribution in [-0.4, -0.2) is 53.9 Å². The van der Waals surface area contributed by atoms with Gasteiger partial charge in [0.2, 0.25) is 0 Å². The zero-order valence-electron chi connectivity index (χ0n) is 22.8. The summed E-state index contributed by atoms with van der Waals surface area (Å²) in [4.78, 5) is 29.7. The number of aromatic nitrogens is 1. The number of fused-ring (bicyclic) bond motifs is 3. The number of benzene rings is 2. The van der Waals surface area contributed by atoms with Gasteiger partial charge in [0.25, 0.3) is 0 Å². The molecule has 3 aromatic rings. The van der Waals surface area contributed by atoms with E-state index in [-0.39, 0.29) is 30.2 Å². The van der Waals surface area contributed by atoms with Crippen LogP contribution in [0.1, 0.15) is 71.7 Å². The number of methoxy groups -OCH3 is 1. The summed E-state index contributed by atoms with van der Waals surface area (Å²) in [6, 6.07) is 11.2. The van der Waals surface area contributed by atoms with Crippen LogP contribution in [0.15, 0.2) is 40.9 Å². The standard InChI is InChI=1S/C31H31Cl2N3O5/c1-39-30(37)19-7-10-26-18(13-19)11-12-35(26)31(38)36-20-8-9-21(36)15-22(14-20)40-16-23-28(34-41-29(23)17-5-6-17)27-24(32)3-2-4-25(27)33/h2-4,7,10,13,17,20-22H,5-6,8-9,11-12,14-16H2,1H3/t20-,21+,22?. The Morgan fingerprint density at radius 1 is 1.05 bits per heavy atom. The van der Waals surface area contributed by atoms with Gasteiger partial charge in [0.1, 0.15) is 11.5 Å². The number of nitrogens with zero attached hydrogens (tertiary/aromatic N) is 3. The van der Waals surface area contributed by atoms with Gasteiger partial charge < -0.3 is 18.9 Å². The summed E-state index contributed by atoms with van der Waals surface area (Å²) in [5, 5.41) is 5.45. The first-order valence-electron chi connectivity index (χ1n) is 14.3. The van der Waals surface area contributed by atoms with Gasteiger partial charge in [-0.2, -0.15) is 0 Å². The molecule has 2 amide bonds. The van der Waals surface area contributed by atoms with Crippen LogP contribution in [0.5, 0.6) is 0 Å². The van der Waals surface area contributed by atoms with E-state index in [0.29, 0.717) is 45.9 Å². The molecule has 1 saturated carbocycles. The van der Waals surface area contributed by atoms with Crippen LogP contribution in [0.25, 0.3) is 11.3 Å². The lowest BCUT2D eigenvalue weighted by molar-refractivity contribution is -0.0164. The Labute approximate surface area is 248 Å². The van der Waals surface area contributed by atoms with E-state index in [1.807, 2.05) is 23.1 Å². The SMILES string of the molecule is COC(=O)c1ccc2c(c1)CCN2C(=O)N1[C@@H]2CC[C@H]1CC(OCc1c(-c3c(Cl)cccc3Cl)noc1C1CC1)C2. The molecule has 2 aromatic carbocycles. The molecule has 214 valence electrons. The minimum absolute atomic E-state index is 0.0292. The highest BCUT2D eigenvalue weighted by Gasteiger charge is 2.46. The quantitative estimate of drug-likeness (QED) is 0.285. The molecule has 4 aliphatic rings. The van der Waals surface area contributed by atoms with E-state index >= 15 is 0 Å². The van der Waals surface area contributed by atoms with Gasteiger partial charge >= 0.3 is 12.0 Å². The van der Waals surface area contributed by atoms with Crippen molar-refractivity contribution in [2.24, 2.45) is 0 Å². The number of rotatable bonds is 6. The summed E-state index contributed by atoms with van der Waals surface area (Å²) in [7, 11) is 1.38. The van der Waals surface area contributed by atoms with Gasteiger partial charge in [0.15, 0.2) is 0 Å². The van der Waals surface area contributed by atoms with Crippen LogP contribution in [0.2, 0.25) is 10.0 Å². The van der Waals surface area contributed by atoms with Crippen LogP contribution in [0.4, 0.5) is 10.5 Å². The summed E-state index contributed by atoms with van der Waals surface area (Å²) in [6.45, 7) is 0.978. The number of halogens is 2. The van der Waals surface area contributed by atoms with Crippen molar-refractivity contribution < 1.29 is 23.6 Å². The average molecular weight is 597 g/mol. The second kappa shape index (κ2) is 10.6. The highest BCUT2D eigenvalue weighted by Crippen LogP contribution is 2.47. The second-order valence-electron chi connectivity index (χ2n) is 11.5. The highest BCUT2D eigenvalue weighted by atomic mass is 35.5. The second-order valence-corrected chi connectivity index (χ2v) is 12.3. The van der Waals surface area contributed by atoms with E-state index < -0.39 is 0 Å². The van der Waals surface area contributed by atoms with Crippen molar-refractivity contribution in [3.8, 4) is 11.3 Å². The number of carbonyl (C=O) groups is 2. The molecule has 1 aromatic heterocycles. The van der Waals surface area contributed by atoms with Crippen molar-refractivity contribution >= 4 is 40.9 Å². The number of urea groups is 1. The molecule has 0 N–H and O–H groups in total. The lowest BCUT2D eigenvalue weighted by atomic mass is 9.99. The smallest absolute Gasteiger partial charge is 0.337 e. The molecule has 0 spiro atoms. The topological polar surface area (TPSA) is 85.1 Å². The molecule has 10 heteroatoms. The third-order valence-corrected chi connectivity index (χ3v) is 9.60. The van der Waals surface area contributed by atoms with Crippen molar-refractivity contribution in [1.82, 2.24) is 10.1 Å². The van der Waals surface area contributed by atoms with Crippen LogP contribution in [0, 0.1) is 0 Å². The fraction of sp³-hybridized carbons (Fsp3) is 0.452. The van der Waals surface area contributed by atoms with Gasteiger partial charge in [-0.05, 0) is 80.8 Å². The maximum atomic E-state index is 13.8. The minimum Gasteiger partial charge on any atom is -0.465 e. The Morgan fingerprint density at radius 2 is 1.78 bits per heavy atom. The Kier molecular flexibility index (Phi) is 6.96. The molecule has 1 aliphatic carbocycles. The monoisotopic (exact) mass is 595 g/mol. The highest BCUT2D eigenvalue weighted by molar-refractivity contribution is 6.39. The van der Waals surface area contributed by atoms with Gasteiger partial charge in [0, 0.05) is 41.4 Å². The number of hydrogen-bond donors (Lipinski definition) is 0. The number of anilines is 1. The minimum atomic E-state index is -0.366. The maximum absolute atomic E-state index is 13.8. The summed E-state index contributed by atoms with van der Waals surface area (Å²) in [6.07, 6.45) is 6.42. The summed E-state index contributed by atoms with van der Waals surface area (Å²) < 4.78 is 17.2.